The molecule has 3 aliphatic rings. The van der Waals surface area contributed by atoms with Crippen LogP contribution in [0.2, 0.25) is 0 Å². The number of anilines is 3. The first-order chi connectivity index (χ1) is 16.7. The summed E-state index contributed by atoms with van der Waals surface area (Å²) in [5.41, 5.74) is 4.50. The SMILES string of the molecule is CNC1CN(c2ncc(-c3ccc4ncc5c(c4c3)C3(CCC3)C(=O)N5C)cc2NS(C)(=O)=O)C1. The Morgan fingerprint density at radius 2 is 1.86 bits per heavy atom. The van der Waals surface area contributed by atoms with E-state index in [-0.39, 0.29) is 5.91 Å². The van der Waals surface area contributed by atoms with Crippen LogP contribution in [0.5, 0.6) is 0 Å². The Bertz CT molecular complexity index is 1480. The number of aromatic nitrogens is 2. The van der Waals surface area contributed by atoms with Gasteiger partial charge in [0.05, 0.1) is 34.8 Å². The predicted molar refractivity (Wildman–Crippen MR) is 137 cm³/mol. The maximum Gasteiger partial charge on any atom is 0.237 e. The van der Waals surface area contributed by atoms with Gasteiger partial charge in [0, 0.05) is 48.9 Å². The number of carbonyl (C=O) groups is 1. The van der Waals surface area contributed by atoms with Crippen LogP contribution in [0.3, 0.4) is 0 Å². The van der Waals surface area contributed by atoms with E-state index in [0.717, 1.165) is 71.9 Å². The van der Waals surface area contributed by atoms with Crippen molar-refractivity contribution in [2.24, 2.45) is 0 Å². The number of pyridine rings is 2. The zero-order valence-electron chi connectivity index (χ0n) is 20.0. The van der Waals surface area contributed by atoms with Gasteiger partial charge in [0.1, 0.15) is 0 Å². The monoisotopic (exact) mass is 492 g/mol. The zero-order chi connectivity index (χ0) is 24.5. The standard InChI is InChI=1S/C25H28N6O3S/c1-26-17-13-31(14-17)23-20(29-35(3,33)34)10-16(11-28-23)15-5-6-19-18(9-15)22-21(12-27-19)30(2)24(32)25(22)7-4-8-25/h5-6,9-12,17,26,29H,4,7-8,13-14H2,1-3H3. The fourth-order valence-electron chi connectivity index (χ4n) is 5.63. The number of sulfonamides is 1. The lowest BCUT2D eigenvalue weighted by Gasteiger charge is -2.40. The van der Waals surface area contributed by atoms with Gasteiger partial charge in [-0.25, -0.2) is 13.4 Å². The van der Waals surface area contributed by atoms with Crippen LogP contribution in [-0.2, 0) is 20.2 Å². The van der Waals surface area contributed by atoms with Crippen molar-refractivity contribution in [3.05, 3.63) is 42.2 Å². The molecule has 0 unspecified atom stereocenters. The normalized spacial score (nSPS) is 19.1. The van der Waals surface area contributed by atoms with Crippen LogP contribution in [0, 0.1) is 0 Å². The van der Waals surface area contributed by atoms with Crippen LogP contribution in [0.1, 0.15) is 24.8 Å². The quantitative estimate of drug-likeness (QED) is 0.563. The number of likely N-dealkylation sites (N-methyl/N-ethyl adjacent to an activating group) is 2. The molecule has 35 heavy (non-hydrogen) atoms. The molecule has 6 rings (SSSR count). The van der Waals surface area contributed by atoms with Gasteiger partial charge in [0.25, 0.3) is 0 Å². The number of amides is 1. The van der Waals surface area contributed by atoms with Crippen LogP contribution in [0.25, 0.3) is 22.0 Å². The molecule has 1 saturated heterocycles. The lowest BCUT2D eigenvalue weighted by atomic mass is 9.64. The van der Waals surface area contributed by atoms with E-state index in [2.05, 4.69) is 31.0 Å². The molecule has 0 radical (unpaired) electrons. The molecule has 4 heterocycles. The Morgan fingerprint density at radius 1 is 1.09 bits per heavy atom. The van der Waals surface area contributed by atoms with Gasteiger partial charge >= 0.3 is 0 Å². The molecule has 2 N–H and O–H groups in total. The molecule has 1 aliphatic carbocycles. The number of carbonyl (C=O) groups excluding carboxylic acids is 1. The van der Waals surface area contributed by atoms with Gasteiger partial charge < -0.3 is 15.1 Å². The summed E-state index contributed by atoms with van der Waals surface area (Å²) in [4.78, 5) is 26.2. The maximum atomic E-state index is 13.1. The minimum atomic E-state index is -3.49. The van der Waals surface area contributed by atoms with E-state index < -0.39 is 15.4 Å². The number of hydrogen-bond donors (Lipinski definition) is 2. The summed E-state index contributed by atoms with van der Waals surface area (Å²) < 4.78 is 26.9. The predicted octanol–water partition coefficient (Wildman–Crippen LogP) is 2.47. The lowest BCUT2D eigenvalue weighted by molar-refractivity contribution is -0.125. The van der Waals surface area contributed by atoms with Crippen LogP contribution >= 0.6 is 0 Å². The minimum absolute atomic E-state index is 0.151. The van der Waals surface area contributed by atoms with Crippen LogP contribution in [0.4, 0.5) is 17.2 Å². The molecule has 1 amide bonds. The van der Waals surface area contributed by atoms with Crippen LogP contribution < -0.4 is 19.8 Å². The fraction of sp³-hybridized carbons (Fsp3) is 0.400. The summed E-state index contributed by atoms with van der Waals surface area (Å²) in [6, 6.07) is 8.19. The molecular weight excluding hydrogens is 464 g/mol. The molecule has 0 atom stereocenters. The van der Waals surface area contributed by atoms with Gasteiger partial charge in [-0.2, -0.15) is 0 Å². The third-order valence-electron chi connectivity index (χ3n) is 7.69. The zero-order valence-corrected chi connectivity index (χ0v) is 20.8. The highest BCUT2D eigenvalue weighted by Crippen LogP contribution is 2.55. The van der Waals surface area contributed by atoms with Crippen molar-refractivity contribution in [1.29, 1.82) is 0 Å². The van der Waals surface area contributed by atoms with Crippen molar-refractivity contribution < 1.29 is 13.2 Å². The summed E-state index contributed by atoms with van der Waals surface area (Å²) in [6.45, 7) is 1.53. The van der Waals surface area contributed by atoms with E-state index in [1.807, 2.05) is 32.3 Å². The van der Waals surface area contributed by atoms with E-state index in [1.165, 1.54) is 0 Å². The molecule has 1 aromatic carbocycles. The number of hydrogen-bond acceptors (Lipinski definition) is 7. The van der Waals surface area contributed by atoms with Gasteiger partial charge in [-0.15, -0.1) is 0 Å². The van der Waals surface area contributed by atoms with E-state index in [0.29, 0.717) is 17.5 Å². The molecule has 9 nitrogen and oxygen atoms in total. The molecule has 1 spiro atoms. The molecular formula is C25H28N6O3S. The minimum Gasteiger partial charge on any atom is -0.352 e. The van der Waals surface area contributed by atoms with Gasteiger partial charge in [0.15, 0.2) is 5.82 Å². The van der Waals surface area contributed by atoms with E-state index in [4.69, 9.17) is 0 Å². The average Bonchev–Trinajstić information content (AvgIpc) is 3.00. The molecule has 1 saturated carbocycles. The molecule has 2 fully saturated rings. The average molecular weight is 493 g/mol. The Hall–Kier alpha value is -3.24. The number of nitrogens with one attached hydrogen (secondary N) is 2. The molecule has 0 bridgehead atoms. The first-order valence-electron chi connectivity index (χ1n) is 11.8. The Labute approximate surface area is 204 Å². The smallest absolute Gasteiger partial charge is 0.237 e. The lowest BCUT2D eigenvalue weighted by Crippen LogP contribution is -2.57. The van der Waals surface area contributed by atoms with Gasteiger partial charge in [-0.3, -0.25) is 14.5 Å². The Morgan fingerprint density at radius 3 is 2.51 bits per heavy atom. The first-order valence-corrected chi connectivity index (χ1v) is 13.7. The number of rotatable bonds is 5. The second kappa shape index (κ2) is 7.63. The molecule has 2 aliphatic heterocycles. The summed E-state index contributed by atoms with van der Waals surface area (Å²) in [5, 5.41) is 4.20. The number of fused-ring (bicyclic) bond motifs is 4. The van der Waals surface area contributed by atoms with Crippen molar-refractivity contribution in [2.45, 2.75) is 30.7 Å². The van der Waals surface area contributed by atoms with Gasteiger partial charge in [-0.05, 0) is 43.7 Å². The summed E-state index contributed by atoms with van der Waals surface area (Å²) in [5.74, 6) is 0.771. The van der Waals surface area contributed by atoms with Crippen LogP contribution in [0.15, 0.2) is 36.7 Å². The topological polar surface area (TPSA) is 108 Å². The van der Waals surface area contributed by atoms with Crippen LogP contribution in [-0.4, -0.2) is 63.8 Å². The highest BCUT2D eigenvalue weighted by molar-refractivity contribution is 7.92. The molecule has 3 aromatic rings. The second-order valence-electron chi connectivity index (χ2n) is 9.91. The van der Waals surface area contributed by atoms with Gasteiger partial charge in [-0.1, -0.05) is 12.5 Å². The highest BCUT2D eigenvalue weighted by atomic mass is 32.2. The second-order valence-corrected chi connectivity index (χ2v) is 11.7. The maximum absolute atomic E-state index is 13.1. The summed E-state index contributed by atoms with van der Waals surface area (Å²) in [7, 11) is 0.254. The van der Waals surface area contributed by atoms with Crippen molar-refractivity contribution >= 4 is 44.0 Å². The molecule has 182 valence electrons. The van der Waals surface area contributed by atoms with Crippen molar-refractivity contribution in [1.82, 2.24) is 15.3 Å². The Balaban J connectivity index is 1.46. The summed E-state index contributed by atoms with van der Waals surface area (Å²) in [6.07, 6.45) is 7.48. The fourth-order valence-corrected chi connectivity index (χ4v) is 6.18. The van der Waals surface area contributed by atoms with Crippen molar-refractivity contribution in [3.8, 4) is 11.1 Å². The molecule has 10 heteroatoms. The van der Waals surface area contributed by atoms with E-state index in [1.54, 1.807) is 17.3 Å². The number of benzene rings is 1. The van der Waals surface area contributed by atoms with E-state index >= 15 is 0 Å². The largest absolute Gasteiger partial charge is 0.352 e. The molecule has 2 aromatic heterocycles. The first kappa shape index (κ1) is 22.2. The van der Waals surface area contributed by atoms with E-state index in [9.17, 15) is 13.2 Å². The van der Waals surface area contributed by atoms with Crippen molar-refractivity contribution in [2.75, 3.05) is 48.0 Å². The summed E-state index contributed by atoms with van der Waals surface area (Å²) >= 11 is 0. The van der Waals surface area contributed by atoms with Gasteiger partial charge in [0.2, 0.25) is 15.9 Å². The van der Waals surface area contributed by atoms with Crippen molar-refractivity contribution in [3.63, 3.8) is 0 Å². The third kappa shape index (κ3) is 3.38. The third-order valence-corrected chi connectivity index (χ3v) is 8.28. The Kier molecular flexibility index (Phi) is 4.85. The highest BCUT2D eigenvalue weighted by Gasteiger charge is 2.54. The number of nitrogens with zero attached hydrogens (tertiary/aromatic N) is 4.